The minimum atomic E-state index is -0.320. The Balaban J connectivity index is 2.17. The zero-order valence-corrected chi connectivity index (χ0v) is 13.6. The molecule has 1 heterocycles. The Labute approximate surface area is 127 Å². The third-order valence-corrected chi connectivity index (χ3v) is 5.05. The van der Waals surface area contributed by atoms with E-state index in [1.807, 2.05) is 0 Å². The largest absolute Gasteiger partial charge is 0.487 e. The molecule has 1 aromatic carbocycles. The maximum atomic E-state index is 6.53. The topological polar surface area (TPSA) is 35.2 Å². The fourth-order valence-corrected chi connectivity index (χ4v) is 3.86. The van der Waals surface area contributed by atoms with Crippen molar-refractivity contribution >= 4 is 0 Å². The number of hydrogen-bond donors (Lipinski definition) is 1. The van der Waals surface area contributed by atoms with Gasteiger partial charge in [-0.1, -0.05) is 43.3 Å². The molecule has 0 radical (unpaired) electrons. The molecule has 1 aliphatic carbocycles. The Kier molecular flexibility index (Phi) is 3.07. The Morgan fingerprint density at radius 2 is 1.71 bits per heavy atom. The average Bonchev–Trinajstić information content (AvgIpc) is 2.69. The lowest BCUT2D eigenvalue weighted by atomic mass is 9.68. The van der Waals surface area contributed by atoms with Crippen LogP contribution in [0, 0.1) is 5.92 Å². The van der Waals surface area contributed by atoms with Gasteiger partial charge in [-0.05, 0) is 44.4 Å². The summed E-state index contributed by atoms with van der Waals surface area (Å²) in [6.07, 6.45) is 2.15. The van der Waals surface area contributed by atoms with Crippen molar-refractivity contribution in [2.75, 3.05) is 0 Å². The minimum absolute atomic E-state index is 0.240. The summed E-state index contributed by atoms with van der Waals surface area (Å²) in [5, 5.41) is 0. The lowest BCUT2D eigenvalue weighted by Gasteiger charge is -2.36. The maximum absolute atomic E-state index is 6.53. The summed E-state index contributed by atoms with van der Waals surface area (Å²) < 4.78 is 6.35. The molecule has 3 rings (SSSR count). The summed E-state index contributed by atoms with van der Waals surface area (Å²) in [5.41, 5.74) is 9.80. The van der Waals surface area contributed by atoms with Crippen molar-refractivity contribution in [3.05, 3.63) is 58.9 Å². The molecule has 0 fully saturated rings. The minimum Gasteiger partial charge on any atom is -0.487 e. The molecular formula is C19H25NO. The molecule has 3 atom stereocenters. The van der Waals surface area contributed by atoms with Gasteiger partial charge in [0.1, 0.15) is 11.4 Å². The Bertz CT molecular complexity index is 622. The van der Waals surface area contributed by atoms with Crippen molar-refractivity contribution in [1.29, 1.82) is 0 Å². The first kappa shape index (κ1) is 14.4. The first-order chi connectivity index (χ1) is 9.74. The molecule has 112 valence electrons. The second-order valence-electron chi connectivity index (χ2n) is 7.25. The predicted molar refractivity (Wildman–Crippen MR) is 86.9 cm³/mol. The van der Waals surface area contributed by atoms with E-state index in [2.05, 4.69) is 71.0 Å². The molecule has 1 aliphatic heterocycles. The van der Waals surface area contributed by atoms with Gasteiger partial charge in [-0.25, -0.2) is 0 Å². The first-order valence-corrected chi connectivity index (χ1v) is 7.71. The van der Waals surface area contributed by atoms with Gasteiger partial charge in [-0.3, -0.25) is 0 Å². The van der Waals surface area contributed by atoms with Crippen LogP contribution in [0.15, 0.2) is 53.3 Å². The summed E-state index contributed by atoms with van der Waals surface area (Å²) in [6, 6.07) is 10.6. The van der Waals surface area contributed by atoms with Gasteiger partial charge in [0.25, 0.3) is 0 Å². The van der Waals surface area contributed by atoms with Gasteiger partial charge in [-0.2, -0.15) is 0 Å². The molecule has 0 spiro atoms. The molecule has 1 aromatic rings. The molecule has 3 unspecified atom stereocenters. The standard InChI is InChI=1S/C19H25NO/c1-12-11-19(5,20)13(2)15-16(14-9-7-6-8-10-14)18(3,4)21-17(12)15/h6-11,13,16H,20H2,1-5H3. The molecule has 0 aromatic heterocycles. The summed E-state index contributed by atoms with van der Waals surface area (Å²) >= 11 is 0. The van der Waals surface area contributed by atoms with Crippen LogP contribution >= 0.6 is 0 Å². The van der Waals surface area contributed by atoms with Crippen molar-refractivity contribution in [3.8, 4) is 0 Å². The molecule has 21 heavy (non-hydrogen) atoms. The molecule has 2 aliphatic rings. The van der Waals surface area contributed by atoms with Crippen LogP contribution in [0.3, 0.4) is 0 Å². The first-order valence-electron chi connectivity index (χ1n) is 7.71. The highest BCUT2D eigenvalue weighted by atomic mass is 16.5. The van der Waals surface area contributed by atoms with Crippen molar-refractivity contribution in [2.24, 2.45) is 11.7 Å². The molecule has 0 amide bonds. The molecule has 2 N–H and O–H groups in total. The fraction of sp³-hybridized carbons (Fsp3) is 0.474. The van der Waals surface area contributed by atoms with Crippen molar-refractivity contribution < 1.29 is 4.74 Å². The van der Waals surface area contributed by atoms with Gasteiger partial charge < -0.3 is 10.5 Å². The molecule has 0 saturated carbocycles. The predicted octanol–water partition coefficient (Wildman–Crippen LogP) is 4.15. The summed E-state index contributed by atoms with van der Waals surface area (Å²) in [7, 11) is 0. The van der Waals surface area contributed by atoms with E-state index in [4.69, 9.17) is 10.5 Å². The van der Waals surface area contributed by atoms with Gasteiger partial charge in [-0.15, -0.1) is 0 Å². The number of benzene rings is 1. The van der Waals surface area contributed by atoms with Gasteiger partial charge in [0.05, 0.1) is 0 Å². The van der Waals surface area contributed by atoms with Crippen LogP contribution < -0.4 is 5.73 Å². The number of hydrogen-bond acceptors (Lipinski definition) is 2. The zero-order chi connectivity index (χ0) is 15.4. The molecule has 2 nitrogen and oxygen atoms in total. The summed E-state index contributed by atoms with van der Waals surface area (Å²) in [4.78, 5) is 0. The van der Waals surface area contributed by atoms with Crippen LogP contribution in [0.25, 0.3) is 0 Å². The van der Waals surface area contributed by atoms with Gasteiger partial charge in [0, 0.05) is 17.4 Å². The number of rotatable bonds is 1. The van der Waals surface area contributed by atoms with E-state index < -0.39 is 0 Å². The van der Waals surface area contributed by atoms with E-state index in [9.17, 15) is 0 Å². The summed E-state index contributed by atoms with van der Waals surface area (Å²) in [6.45, 7) is 10.8. The van der Waals surface area contributed by atoms with Crippen molar-refractivity contribution in [1.82, 2.24) is 0 Å². The van der Waals surface area contributed by atoms with E-state index in [-0.39, 0.29) is 23.0 Å². The molecular weight excluding hydrogens is 258 g/mol. The lowest BCUT2D eigenvalue weighted by Crippen LogP contribution is -2.45. The second kappa shape index (κ2) is 4.48. The van der Waals surface area contributed by atoms with Crippen LogP contribution in [-0.4, -0.2) is 11.1 Å². The Hall–Kier alpha value is -1.54. The van der Waals surface area contributed by atoms with Crippen molar-refractivity contribution in [2.45, 2.75) is 51.7 Å². The third kappa shape index (κ3) is 2.13. The highest BCUT2D eigenvalue weighted by Gasteiger charge is 2.50. The number of ether oxygens (including phenoxy) is 1. The number of allylic oxidation sites excluding steroid dienone is 1. The van der Waals surface area contributed by atoms with Gasteiger partial charge >= 0.3 is 0 Å². The highest BCUT2D eigenvalue weighted by Crippen LogP contribution is 2.54. The quantitative estimate of drug-likeness (QED) is 0.840. The Morgan fingerprint density at radius 1 is 1.10 bits per heavy atom. The third-order valence-electron chi connectivity index (χ3n) is 5.05. The van der Waals surface area contributed by atoms with Crippen LogP contribution in [0.1, 0.15) is 46.1 Å². The Morgan fingerprint density at radius 3 is 2.33 bits per heavy atom. The molecule has 2 heteroatoms. The lowest BCUT2D eigenvalue weighted by molar-refractivity contribution is 0.0521. The van der Waals surface area contributed by atoms with E-state index in [0.717, 1.165) is 5.76 Å². The van der Waals surface area contributed by atoms with Crippen LogP contribution in [0.2, 0.25) is 0 Å². The van der Waals surface area contributed by atoms with E-state index in [1.165, 1.54) is 16.7 Å². The van der Waals surface area contributed by atoms with Crippen LogP contribution in [-0.2, 0) is 4.74 Å². The normalized spacial score (nSPS) is 34.3. The average molecular weight is 283 g/mol. The smallest absolute Gasteiger partial charge is 0.123 e. The van der Waals surface area contributed by atoms with Crippen LogP contribution in [0.5, 0.6) is 0 Å². The fourth-order valence-electron chi connectivity index (χ4n) is 3.86. The van der Waals surface area contributed by atoms with E-state index in [1.54, 1.807) is 0 Å². The monoisotopic (exact) mass is 283 g/mol. The van der Waals surface area contributed by atoms with Gasteiger partial charge in [0.2, 0.25) is 0 Å². The van der Waals surface area contributed by atoms with Gasteiger partial charge in [0.15, 0.2) is 0 Å². The SMILES string of the molecule is CC1=CC(C)(N)C(C)C2=C1OC(C)(C)C2c1ccccc1. The molecule has 0 bridgehead atoms. The summed E-state index contributed by atoms with van der Waals surface area (Å²) in [5.74, 6) is 1.59. The zero-order valence-electron chi connectivity index (χ0n) is 13.6. The maximum Gasteiger partial charge on any atom is 0.123 e. The molecule has 0 saturated heterocycles. The van der Waals surface area contributed by atoms with E-state index in [0.29, 0.717) is 0 Å². The van der Waals surface area contributed by atoms with Crippen LogP contribution in [0.4, 0.5) is 0 Å². The van der Waals surface area contributed by atoms with Crippen molar-refractivity contribution in [3.63, 3.8) is 0 Å². The highest BCUT2D eigenvalue weighted by molar-refractivity contribution is 5.49. The second-order valence-corrected chi connectivity index (χ2v) is 7.25. The van der Waals surface area contributed by atoms with E-state index >= 15 is 0 Å². The number of nitrogens with two attached hydrogens (primary N) is 1.